The van der Waals surface area contributed by atoms with Crippen molar-refractivity contribution in [2.45, 2.75) is 13.8 Å². The molecule has 0 saturated heterocycles. The Morgan fingerprint density at radius 3 is 2.62 bits per heavy atom. The first-order valence-electron chi connectivity index (χ1n) is 6.74. The van der Waals surface area contributed by atoms with Crippen LogP contribution in [0.25, 0.3) is 11.0 Å². The van der Waals surface area contributed by atoms with Crippen molar-refractivity contribution in [2.24, 2.45) is 0 Å². The van der Waals surface area contributed by atoms with Gasteiger partial charge in [-0.15, -0.1) is 0 Å². The summed E-state index contributed by atoms with van der Waals surface area (Å²) in [5.41, 5.74) is 3.82. The molecule has 0 bridgehead atoms. The highest BCUT2D eigenvalue weighted by Crippen LogP contribution is 2.16. The Balaban J connectivity index is 1.93. The van der Waals surface area contributed by atoms with Crippen molar-refractivity contribution < 1.29 is 4.79 Å². The monoisotopic (exact) mass is 277 g/mol. The number of hydrogen-bond donors (Lipinski definition) is 1. The summed E-state index contributed by atoms with van der Waals surface area (Å²) >= 11 is 0. The van der Waals surface area contributed by atoms with E-state index in [-0.39, 0.29) is 5.91 Å². The van der Waals surface area contributed by atoms with E-state index in [1.165, 1.54) is 0 Å². The number of rotatable bonds is 2. The molecule has 2 aromatic heterocycles. The van der Waals surface area contributed by atoms with Crippen molar-refractivity contribution in [1.29, 1.82) is 0 Å². The zero-order chi connectivity index (χ0) is 14.8. The number of benzene rings is 1. The van der Waals surface area contributed by atoms with E-state index in [4.69, 9.17) is 0 Å². The number of aryl methyl sites for hydroxylation is 2. The molecular formula is C17H15N3O. The summed E-state index contributed by atoms with van der Waals surface area (Å²) in [6, 6.07) is 13.3. The molecule has 0 fully saturated rings. The predicted octanol–water partition coefficient (Wildman–Crippen LogP) is 3.50. The highest BCUT2D eigenvalue weighted by molar-refractivity contribution is 6.06. The number of anilines is 1. The first kappa shape index (κ1) is 13.2. The lowest BCUT2D eigenvalue weighted by Gasteiger charge is -2.08. The Bertz CT molecular complexity index is 810. The van der Waals surface area contributed by atoms with E-state index in [2.05, 4.69) is 15.3 Å². The Kier molecular flexibility index (Phi) is 3.36. The fraction of sp³-hybridized carbons (Fsp3) is 0.118. The Hall–Kier alpha value is -2.75. The predicted molar refractivity (Wildman–Crippen MR) is 83.4 cm³/mol. The molecule has 1 N–H and O–H groups in total. The maximum Gasteiger partial charge on any atom is 0.257 e. The second kappa shape index (κ2) is 5.32. The normalized spacial score (nSPS) is 10.6. The van der Waals surface area contributed by atoms with Crippen LogP contribution in [0.15, 0.2) is 48.7 Å². The average Bonchev–Trinajstić information content (AvgIpc) is 2.49. The highest BCUT2D eigenvalue weighted by Gasteiger charge is 2.12. The van der Waals surface area contributed by atoms with Crippen molar-refractivity contribution in [3.63, 3.8) is 0 Å². The molecule has 21 heavy (non-hydrogen) atoms. The van der Waals surface area contributed by atoms with E-state index >= 15 is 0 Å². The number of carbonyl (C=O) groups is 1. The lowest BCUT2D eigenvalue weighted by Crippen LogP contribution is -2.14. The Labute approximate surface area is 122 Å². The summed E-state index contributed by atoms with van der Waals surface area (Å²) in [5, 5.41) is 3.75. The van der Waals surface area contributed by atoms with Crippen molar-refractivity contribution in [2.75, 3.05) is 5.32 Å². The number of aromatic nitrogens is 2. The molecular weight excluding hydrogens is 262 g/mol. The minimum absolute atomic E-state index is 0.158. The molecule has 0 aliphatic rings. The van der Waals surface area contributed by atoms with Gasteiger partial charge in [-0.25, -0.2) is 9.97 Å². The van der Waals surface area contributed by atoms with Gasteiger partial charge in [-0.2, -0.15) is 0 Å². The molecule has 2 heterocycles. The van der Waals surface area contributed by atoms with Crippen LogP contribution in [0.3, 0.4) is 0 Å². The van der Waals surface area contributed by atoms with Crippen molar-refractivity contribution in [3.05, 3.63) is 65.5 Å². The van der Waals surface area contributed by atoms with Crippen LogP contribution < -0.4 is 5.32 Å². The average molecular weight is 277 g/mol. The SMILES string of the molecule is Cc1ccc(NC(=O)c2cc3cccnc3nc2C)cc1. The molecule has 0 aliphatic carbocycles. The van der Waals surface area contributed by atoms with Gasteiger partial charge in [0, 0.05) is 17.3 Å². The molecule has 0 unspecified atom stereocenters. The molecule has 1 amide bonds. The van der Waals surface area contributed by atoms with E-state index in [0.29, 0.717) is 16.9 Å². The van der Waals surface area contributed by atoms with Crippen LogP contribution >= 0.6 is 0 Å². The van der Waals surface area contributed by atoms with Gasteiger partial charge in [0.25, 0.3) is 5.91 Å². The summed E-state index contributed by atoms with van der Waals surface area (Å²) in [6.45, 7) is 3.83. The number of pyridine rings is 2. The van der Waals surface area contributed by atoms with Crippen LogP contribution in [-0.2, 0) is 0 Å². The van der Waals surface area contributed by atoms with Gasteiger partial charge in [0.1, 0.15) is 0 Å². The Morgan fingerprint density at radius 1 is 1.10 bits per heavy atom. The van der Waals surface area contributed by atoms with Crippen LogP contribution in [0.4, 0.5) is 5.69 Å². The molecule has 0 aliphatic heterocycles. The molecule has 3 aromatic rings. The second-order valence-electron chi connectivity index (χ2n) is 4.99. The van der Waals surface area contributed by atoms with E-state index in [9.17, 15) is 4.79 Å². The first-order chi connectivity index (χ1) is 10.1. The highest BCUT2D eigenvalue weighted by atomic mass is 16.1. The molecule has 0 atom stereocenters. The standard InChI is InChI=1S/C17H15N3O/c1-11-5-7-14(8-6-11)20-17(21)15-10-13-4-3-9-18-16(13)19-12(15)2/h3-10H,1-2H3,(H,20,21). The van der Waals surface area contributed by atoms with Gasteiger partial charge in [0.2, 0.25) is 0 Å². The molecule has 0 saturated carbocycles. The fourth-order valence-electron chi connectivity index (χ4n) is 2.16. The van der Waals surface area contributed by atoms with Gasteiger partial charge >= 0.3 is 0 Å². The van der Waals surface area contributed by atoms with Crippen LogP contribution in [0.2, 0.25) is 0 Å². The number of nitrogens with zero attached hydrogens (tertiary/aromatic N) is 2. The topological polar surface area (TPSA) is 54.9 Å². The number of fused-ring (bicyclic) bond motifs is 1. The van der Waals surface area contributed by atoms with Crippen molar-refractivity contribution >= 4 is 22.6 Å². The molecule has 0 spiro atoms. The smallest absolute Gasteiger partial charge is 0.257 e. The molecule has 4 nitrogen and oxygen atoms in total. The van der Waals surface area contributed by atoms with E-state index in [1.807, 2.05) is 56.3 Å². The zero-order valence-corrected chi connectivity index (χ0v) is 11.9. The van der Waals surface area contributed by atoms with Gasteiger partial charge in [0.05, 0.1) is 11.3 Å². The minimum atomic E-state index is -0.158. The molecule has 0 radical (unpaired) electrons. The third-order valence-electron chi connectivity index (χ3n) is 3.33. The minimum Gasteiger partial charge on any atom is -0.322 e. The number of hydrogen-bond acceptors (Lipinski definition) is 3. The van der Waals surface area contributed by atoms with Gasteiger partial charge in [-0.1, -0.05) is 17.7 Å². The molecule has 1 aromatic carbocycles. The second-order valence-corrected chi connectivity index (χ2v) is 4.99. The summed E-state index contributed by atoms with van der Waals surface area (Å²) in [5.74, 6) is -0.158. The van der Waals surface area contributed by atoms with Crippen LogP contribution in [0, 0.1) is 13.8 Å². The van der Waals surface area contributed by atoms with Crippen LogP contribution in [0.5, 0.6) is 0 Å². The largest absolute Gasteiger partial charge is 0.322 e. The van der Waals surface area contributed by atoms with Gasteiger partial charge in [-0.3, -0.25) is 4.79 Å². The van der Waals surface area contributed by atoms with E-state index < -0.39 is 0 Å². The van der Waals surface area contributed by atoms with Crippen molar-refractivity contribution in [1.82, 2.24) is 9.97 Å². The molecule has 104 valence electrons. The summed E-state index contributed by atoms with van der Waals surface area (Å²) in [6.07, 6.45) is 1.70. The third kappa shape index (κ3) is 2.74. The lowest BCUT2D eigenvalue weighted by molar-refractivity contribution is 0.102. The van der Waals surface area contributed by atoms with Crippen LogP contribution in [0.1, 0.15) is 21.6 Å². The number of amides is 1. The number of carbonyl (C=O) groups excluding carboxylic acids is 1. The Morgan fingerprint density at radius 2 is 1.86 bits per heavy atom. The number of nitrogens with one attached hydrogen (secondary N) is 1. The first-order valence-corrected chi connectivity index (χ1v) is 6.74. The summed E-state index contributed by atoms with van der Waals surface area (Å²) < 4.78 is 0. The quantitative estimate of drug-likeness (QED) is 0.780. The van der Waals surface area contributed by atoms with E-state index in [0.717, 1.165) is 16.6 Å². The maximum atomic E-state index is 12.4. The van der Waals surface area contributed by atoms with Gasteiger partial charge in [-0.05, 0) is 44.2 Å². The molecule has 3 rings (SSSR count). The van der Waals surface area contributed by atoms with Gasteiger partial charge in [0.15, 0.2) is 5.65 Å². The zero-order valence-electron chi connectivity index (χ0n) is 11.9. The lowest BCUT2D eigenvalue weighted by atomic mass is 10.1. The van der Waals surface area contributed by atoms with E-state index in [1.54, 1.807) is 6.20 Å². The third-order valence-corrected chi connectivity index (χ3v) is 3.33. The van der Waals surface area contributed by atoms with Crippen molar-refractivity contribution in [3.8, 4) is 0 Å². The summed E-state index contributed by atoms with van der Waals surface area (Å²) in [4.78, 5) is 21.0. The van der Waals surface area contributed by atoms with Crippen LogP contribution in [-0.4, -0.2) is 15.9 Å². The molecule has 4 heteroatoms. The van der Waals surface area contributed by atoms with Gasteiger partial charge < -0.3 is 5.32 Å². The maximum absolute atomic E-state index is 12.4. The fourth-order valence-corrected chi connectivity index (χ4v) is 2.16. The summed E-state index contributed by atoms with van der Waals surface area (Å²) in [7, 11) is 0.